The molecule has 0 saturated heterocycles. The summed E-state index contributed by atoms with van der Waals surface area (Å²) in [4.78, 5) is 18.9. The Morgan fingerprint density at radius 3 is 2.72 bits per heavy atom. The van der Waals surface area contributed by atoms with Crippen molar-refractivity contribution in [2.75, 3.05) is 5.75 Å². The van der Waals surface area contributed by atoms with E-state index in [0.717, 1.165) is 48.4 Å². The number of fused-ring (bicyclic) bond motifs is 1. The van der Waals surface area contributed by atoms with Gasteiger partial charge in [0.1, 0.15) is 17.1 Å². The molecule has 2 aromatic heterocycles. The molecule has 29 heavy (non-hydrogen) atoms. The number of aromatic nitrogens is 3. The molecule has 0 radical (unpaired) electrons. The molecule has 6 nitrogen and oxygen atoms in total. The number of hydrogen-bond acceptors (Lipinski definition) is 5. The molecule has 1 N–H and O–H groups in total. The van der Waals surface area contributed by atoms with Gasteiger partial charge in [0.25, 0.3) is 5.91 Å². The summed E-state index contributed by atoms with van der Waals surface area (Å²) < 4.78 is 7.38. The zero-order chi connectivity index (χ0) is 21.0. The average Bonchev–Trinajstić information content (AvgIpc) is 3.23. The largest absolute Gasteiger partial charge is 0.361 e. The standard InChI is InChI=1S/C22H30N4O2S/c1-6-8-11-26-19-10-9-17(29-12-7-2)13-18(19)24-21(26)15(4)23-22(27)20-14(3)25-28-16(20)5/h9-10,13,15H,6-8,11-12H2,1-5H3,(H,23,27). The van der Waals surface area contributed by atoms with Crippen LogP contribution in [-0.2, 0) is 6.54 Å². The Balaban J connectivity index is 1.92. The number of thioether (sulfide) groups is 1. The van der Waals surface area contributed by atoms with Crippen LogP contribution >= 0.6 is 11.8 Å². The number of nitrogens with one attached hydrogen (secondary N) is 1. The van der Waals surface area contributed by atoms with Crippen LogP contribution in [0.2, 0.25) is 0 Å². The second-order valence-electron chi connectivity index (χ2n) is 7.37. The van der Waals surface area contributed by atoms with Crippen molar-refractivity contribution in [1.82, 2.24) is 20.0 Å². The van der Waals surface area contributed by atoms with E-state index in [-0.39, 0.29) is 11.9 Å². The molecule has 0 saturated carbocycles. The van der Waals surface area contributed by atoms with Crippen molar-refractivity contribution >= 4 is 28.7 Å². The predicted octanol–water partition coefficient (Wildman–Crippen LogP) is 5.43. The molecule has 1 atom stereocenters. The fourth-order valence-electron chi connectivity index (χ4n) is 3.46. The lowest BCUT2D eigenvalue weighted by atomic mass is 10.1. The maximum atomic E-state index is 12.8. The van der Waals surface area contributed by atoms with E-state index in [4.69, 9.17) is 9.51 Å². The van der Waals surface area contributed by atoms with Crippen molar-refractivity contribution in [3.8, 4) is 0 Å². The van der Waals surface area contributed by atoms with Gasteiger partial charge in [-0.15, -0.1) is 11.8 Å². The maximum absolute atomic E-state index is 12.8. The topological polar surface area (TPSA) is 73.0 Å². The molecule has 0 aliphatic carbocycles. The monoisotopic (exact) mass is 414 g/mol. The van der Waals surface area contributed by atoms with Gasteiger partial charge in [-0.3, -0.25) is 4.79 Å². The Hall–Kier alpha value is -2.28. The van der Waals surface area contributed by atoms with E-state index >= 15 is 0 Å². The van der Waals surface area contributed by atoms with Gasteiger partial charge in [-0.1, -0.05) is 25.4 Å². The molecule has 0 aliphatic heterocycles. The summed E-state index contributed by atoms with van der Waals surface area (Å²) in [5.41, 5.74) is 3.21. The number of amides is 1. The van der Waals surface area contributed by atoms with Crippen LogP contribution in [-0.4, -0.2) is 26.4 Å². The minimum Gasteiger partial charge on any atom is -0.361 e. The van der Waals surface area contributed by atoms with Gasteiger partial charge in [0.05, 0.1) is 22.8 Å². The Morgan fingerprint density at radius 2 is 2.07 bits per heavy atom. The number of imidazole rings is 1. The van der Waals surface area contributed by atoms with E-state index in [1.807, 2.05) is 18.7 Å². The number of rotatable bonds is 9. The number of unbranched alkanes of at least 4 members (excludes halogenated alkanes) is 1. The zero-order valence-corrected chi connectivity index (χ0v) is 18.7. The molecule has 0 aliphatic rings. The van der Waals surface area contributed by atoms with Crippen LogP contribution in [0.3, 0.4) is 0 Å². The number of nitrogens with zero attached hydrogens (tertiary/aromatic N) is 3. The highest BCUT2D eigenvalue weighted by Crippen LogP contribution is 2.27. The molecule has 0 fully saturated rings. The molecule has 3 aromatic rings. The summed E-state index contributed by atoms with van der Waals surface area (Å²) in [7, 11) is 0. The molecule has 0 bridgehead atoms. The van der Waals surface area contributed by atoms with Crippen LogP contribution in [0.5, 0.6) is 0 Å². The lowest BCUT2D eigenvalue weighted by Crippen LogP contribution is -2.29. The van der Waals surface area contributed by atoms with Gasteiger partial charge in [0.2, 0.25) is 0 Å². The highest BCUT2D eigenvalue weighted by atomic mass is 32.2. The Bertz CT molecular complexity index is 973. The third kappa shape index (κ3) is 4.66. The summed E-state index contributed by atoms with van der Waals surface area (Å²) in [5, 5.41) is 6.96. The summed E-state index contributed by atoms with van der Waals surface area (Å²) >= 11 is 1.85. The normalized spacial score (nSPS) is 12.4. The molecule has 1 amide bonds. The highest BCUT2D eigenvalue weighted by molar-refractivity contribution is 7.99. The summed E-state index contributed by atoms with van der Waals surface area (Å²) in [6, 6.07) is 6.25. The smallest absolute Gasteiger partial charge is 0.257 e. The van der Waals surface area contributed by atoms with Gasteiger partial charge in [-0.05, 0) is 57.6 Å². The first kappa shape index (κ1) is 21.4. The van der Waals surface area contributed by atoms with Crippen LogP contribution in [0, 0.1) is 13.8 Å². The first-order chi connectivity index (χ1) is 14.0. The number of aryl methyl sites for hydroxylation is 3. The minimum atomic E-state index is -0.229. The van der Waals surface area contributed by atoms with Crippen molar-refractivity contribution in [3.05, 3.63) is 41.0 Å². The molecule has 1 unspecified atom stereocenters. The van der Waals surface area contributed by atoms with E-state index < -0.39 is 0 Å². The quantitative estimate of drug-likeness (QED) is 0.472. The van der Waals surface area contributed by atoms with Crippen LogP contribution in [0.1, 0.15) is 73.7 Å². The van der Waals surface area contributed by atoms with Crippen molar-refractivity contribution in [2.45, 2.75) is 71.4 Å². The summed E-state index contributed by atoms with van der Waals surface area (Å²) in [5.74, 6) is 2.33. The molecular formula is C22H30N4O2S. The van der Waals surface area contributed by atoms with E-state index in [9.17, 15) is 4.79 Å². The summed E-state index contributed by atoms with van der Waals surface area (Å²) in [6.45, 7) is 10.8. The molecule has 7 heteroatoms. The van der Waals surface area contributed by atoms with Crippen LogP contribution in [0.25, 0.3) is 11.0 Å². The number of carbonyl (C=O) groups excluding carboxylic acids is 1. The van der Waals surface area contributed by atoms with E-state index in [0.29, 0.717) is 17.0 Å². The SMILES string of the molecule is CCCCn1c(C(C)NC(=O)c2c(C)noc2C)nc2cc(SCCC)ccc21. The van der Waals surface area contributed by atoms with Gasteiger partial charge < -0.3 is 14.4 Å². The predicted molar refractivity (Wildman–Crippen MR) is 118 cm³/mol. The molecule has 156 valence electrons. The molecule has 3 rings (SSSR count). The second-order valence-corrected chi connectivity index (χ2v) is 8.54. The fourth-order valence-corrected chi connectivity index (χ4v) is 4.26. The Labute approximate surface area is 176 Å². The Kier molecular flexibility index (Phi) is 7.00. The van der Waals surface area contributed by atoms with Crippen molar-refractivity contribution in [3.63, 3.8) is 0 Å². The van der Waals surface area contributed by atoms with E-state index in [1.165, 1.54) is 4.90 Å². The van der Waals surface area contributed by atoms with E-state index in [1.54, 1.807) is 13.8 Å². The van der Waals surface area contributed by atoms with Gasteiger partial charge in [-0.2, -0.15) is 0 Å². The van der Waals surface area contributed by atoms with Crippen LogP contribution in [0.15, 0.2) is 27.6 Å². The molecular weight excluding hydrogens is 384 g/mol. The third-order valence-corrected chi connectivity index (χ3v) is 6.15. The van der Waals surface area contributed by atoms with Gasteiger partial charge in [0.15, 0.2) is 0 Å². The number of carbonyl (C=O) groups is 1. The van der Waals surface area contributed by atoms with Crippen LogP contribution in [0.4, 0.5) is 0 Å². The molecule has 2 heterocycles. The van der Waals surface area contributed by atoms with Gasteiger partial charge in [0, 0.05) is 11.4 Å². The average molecular weight is 415 g/mol. The first-order valence-corrected chi connectivity index (χ1v) is 11.3. The second kappa shape index (κ2) is 9.48. The first-order valence-electron chi connectivity index (χ1n) is 10.3. The number of benzene rings is 1. The van der Waals surface area contributed by atoms with Crippen molar-refractivity contribution < 1.29 is 9.32 Å². The number of hydrogen-bond donors (Lipinski definition) is 1. The maximum Gasteiger partial charge on any atom is 0.257 e. The van der Waals surface area contributed by atoms with Crippen molar-refractivity contribution in [1.29, 1.82) is 0 Å². The fraction of sp³-hybridized carbons (Fsp3) is 0.500. The lowest BCUT2D eigenvalue weighted by molar-refractivity contribution is 0.0935. The minimum absolute atomic E-state index is 0.179. The third-order valence-electron chi connectivity index (χ3n) is 4.95. The van der Waals surface area contributed by atoms with Gasteiger partial charge >= 0.3 is 0 Å². The lowest BCUT2D eigenvalue weighted by Gasteiger charge is -2.16. The van der Waals surface area contributed by atoms with Crippen molar-refractivity contribution in [2.24, 2.45) is 0 Å². The highest BCUT2D eigenvalue weighted by Gasteiger charge is 2.23. The zero-order valence-electron chi connectivity index (χ0n) is 17.9. The Morgan fingerprint density at radius 1 is 1.28 bits per heavy atom. The summed E-state index contributed by atoms with van der Waals surface area (Å²) in [6.07, 6.45) is 3.31. The van der Waals surface area contributed by atoms with Crippen LogP contribution < -0.4 is 5.32 Å². The molecule has 1 aromatic carbocycles. The molecule has 0 spiro atoms. The van der Waals surface area contributed by atoms with E-state index in [2.05, 4.69) is 47.1 Å². The van der Waals surface area contributed by atoms with Gasteiger partial charge in [-0.25, -0.2) is 4.98 Å².